The molecule has 0 aliphatic rings. The Hall–Kier alpha value is -3.77. The molecule has 3 rings (SSSR count). The van der Waals surface area contributed by atoms with Gasteiger partial charge in [0.15, 0.2) is 0 Å². The van der Waals surface area contributed by atoms with Crippen molar-refractivity contribution in [2.75, 3.05) is 11.9 Å². The molecule has 0 spiro atoms. The highest BCUT2D eigenvalue weighted by Gasteiger charge is 2.16. The molecule has 160 valence electrons. The van der Waals surface area contributed by atoms with Crippen LogP contribution in [0.5, 0.6) is 0 Å². The molecular weight excluding hydrogens is 394 g/mol. The minimum absolute atomic E-state index is 0.00889. The van der Waals surface area contributed by atoms with E-state index >= 15 is 0 Å². The van der Waals surface area contributed by atoms with Gasteiger partial charge in [0.25, 0.3) is 5.91 Å². The van der Waals surface area contributed by atoms with Gasteiger partial charge in [-0.15, -0.1) is 0 Å². The molecule has 1 atom stereocenters. The molecule has 0 aliphatic heterocycles. The molecule has 0 saturated heterocycles. The number of hydrogen-bond donors (Lipinski definition) is 3. The highest BCUT2D eigenvalue weighted by atomic mass is 16.3. The maximum atomic E-state index is 12.4. The highest BCUT2D eigenvalue weighted by molar-refractivity contribution is 5.95. The van der Waals surface area contributed by atoms with E-state index in [0.29, 0.717) is 23.7 Å². The van der Waals surface area contributed by atoms with Crippen molar-refractivity contribution in [3.05, 3.63) is 54.0 Å². The molecule has 2 heterocycles. The fourth-order valence-electron chi connectivity index (χ4n) is 2.93. The first-order valence-corrected chi connectivity index (χ1v) is 9.96. The predicted octanol–water partition coefficient (Wildman–Crippen LogP) is 2.66. The second-order valence-electron chi connectivity index (χ2n) is 7.47. The topological polar surface area (TPSA) is 129 Å². The number of aliphatic hydroxyl groups excluding tert-OH is 1. The number of amides is 1. The average molecular weight is 419 g/mol. The molecule has 0 bridgehead atoms. The van der Waals surface area contributed by atoms with Gasteiger partial charge in [0.05, 0.1) is 36.8 Å². The van der Waals surface area contributed by atoms with Crippen LogP contribution in [0.2, 0.25) is 0 Å². The van der Waals surface area contributed by atoms with Gasteiger partial charge in [0, 0.05) is 23.5 Å². The summed E-state index contributed by atoms with van der Waals surface area (Å²) in [6.45, 7) is 6.11. The monoisotopic (exact) mass is 419 g/mol. The molecule has 0 saturated carbocycles. The summed E-state index contributed by atoms with van der Waals surface area (Å²) in [7, 11) is 0. The van der Waals surface area contributed by atoms with Gasteiger partial charge >= 0.3 is 0 Å². The molecule has 1 aromatic carbocycles. The van der Waals surface area contributed by atoms with Crippen molar-refractivity contribution in [1.82, 2.24) is 25.1 Å². The molecule has 3 N–H and O–H groups in total. The minimum atomic E-state index is -0.536. The molecule has 3 aromatic rings. The summed E-state index contributed by atoms with van der Waals surface area (Å²) in [6, 6.07) is 8.65. The van der Waals surface area contributed by atoms with Crippen LogP contribution >= 0.6 is 0 Å². The highest BCUT2D eigenvalue weighted by Crippen LogP contribution is 2.23. The number of aryl methyl sites for hydroxylation is 1. The van der Waals surface area contributed by atoms with E-state index in [1.165, 1.54) is 0 Å². The van der Waals surface area contributed by atoms with E-state index in [-0.39, 0.29) is 18.4 Å². The van der Waals surface area contributed by atoms with Crippen molar-refractivity contribution in [3.8, 4) is 17.3 Å². The first-order valence-electron chi connectivity index (χ1n) is 9.96. The SMILES string of the molecule is Cc1cnc(Nc2cnn(CCO)c2)nc1-c1ccc(C(=O)N[C@H](C#N)C(C)C)cc1. The molecule has 9 nitrogen and oxygen atoms in total. The number of nitrogens with one attached hydrogen (secondary N) is 2. The lowest BCUT2D eigenvalue weighted by atomic mass is 10.0. The zero-order valence-electron chi connectivity index (χ0n) is 17.7. The number of hydrogen-bond acceptors (Lipinski definition) is 7. The van der Waals surface area contributed by atoms with E-state index in [0.717, 1.165) is 16.8 Å². The minimum Gasteiger partial charge on any atom is -0.394 e. The number of carbonyl (C=O) groups is 1. The molecule has 0 radical (unpaired) electrons. The van der Waals surface area contributed by atoms with Crippen LogP contribution in [0.1, 0.15) is 29.8 Å². The predicted molar refractivity (Wildman–Crippen MR) is 117 cm³/mol. The number of rotatable bonds is 8. The van der Waals surface area contributed by atoms with Crippen molar-refractivity contribution in [2.24, 2.45) is 5.92 Å². The Kier molecular flexibility index (Phi) is 6.95. The zero-order valence-corrected chi connectivity index (χ0v) is 17.7. The standard InChI is InChI=1S/C22H25N7O2/c1-14(2)19(10-23)27-21(31)17-6-4-16(5-7-17)20-15(3)11-24-22(28-20)26-18-12-25-29(13-18)8-9-30/h4-7,11-14,19,30H,8-9H2,1-3H3,(H,27,31)(H,24,26,28)/t19-/m1/s1. The summed E-state index contributed by atoms with van der Waals surface area (Å²) >= 11 is 0. The Morgan fingerprint density at radius 2 is 2.00 bits per heavy atom. The number of aromatic nitrogens is 4. The normalized spacial score (nSPS) is 11.7. The van der Waals surface area contributed by atoms with Crippen molar-refractivity contribution in [1.29, 1.82) is 5.26 Å². The molecule has 0 fully saturated rings. The van der Waals surface area contributed by atoms with Gasteiger partial charge in [-0.3, -0.25) is 9.48 Å². The first-order chi connectivity index (χ1) is 14.9. The van der Waals surface area contributed by atoms with E-state index in [4.69, 9.17) is 5.11 Å². The van der Waals surface area contributed by atoms with Gasteiger partial charge < -0.3 is 15.7 Å². The quantitative estimate of drug-likeness (QED) is 0.512. The summed E-state index contributed by atoms with van der Waals surface area (Å²) < 4.78 is 1.62. The van der Waals surface area contributed by atoms with Gasteiger partial charge in [-0.05, 0) is 30.5 Å². The van der Waals surface area contributed by atoms with Gasteiger partial charge in [0.2, 0.25) is 5.95 Å². The maximum absolute atomic E-state index is 12.4. The van der Waals surface area contributed by atoms with Crippen LogP contribution in [0.4, 0.5) is 11.6 Å². The number of anilines is 2. The van der Waals surface area contributed by atoms with Crippen molar-refractivity contribution in [3.63, 3.8) is 0 Å². The molecule has 0 aliphatic carbocycles. The largest absolute Gasteiger partial charge is 0.394 e. The summed E-state index contributed by atoms with van der Waals surface area (Å²) in [6.07, 6.45) is 5.12. The fraction of sp³-hybridized carbons (Fsp3) is 0.318. The fourth-order valence-corrected chi connectivity index (χ4v) is 2.93. The van der Waals surface area contributed by atoms with Crippen LogP contribution in [0.15, 0.2) is 42.9 Å². The van der Waals surface area contributed by atoms with Gasteiger partial charge in [-0.25, -0.2) is 9.97 Å². The Labute approximate surface area is 180 Å². The van der Waals surface area contributed by atoms with E-state index < -0.39 is 6.04 Å². The van der Waals surface area contributed by atoms with E-state index in [2.05, 4.69) is 31.8 Å². The Bertz CT molecular complexity index is 1080. The van der Waals surface area contributed by atoms with Crippen molar-refractivity contribution >= 4 is 17.5 Å². The number of nitriles is 1. The molecule has 9 heteroatoms. The average Bonchev–Trinajstić information content (AvgIpc) is 3.20. The summed E-state index contributed by atoms with van der Waals surface area (Å²) in [5.74, 6) is 0.159. The summed E-state index contributed by atoms with van der Waals surface area (Å²) in [4.78, 5) is 21.3. The lowest BCUT2D eigenvalue weighted by Crippen LogP contribution is -2.37. The van der Waals surface area contributed by atoms with Crippen LogP contribution < -0.4 is 10.6 Å². The molecule has 31 heavy (non-hydrogen) atoms. The van der Waals surface area contributed by atoms with Crippen molar-refractivity contribution in [2.45, 2.75) is 33.4 Å². The molecule has 2 aromatic heterocycles. The third-order valence-corrected chi connectivity index (χ3v) is 4.70. The second kappa shape index (κ2) is 9.82. The summed E-state index contributed by atoms with van der Waals surface area (Å²) in [5.41, 5.74) is 3.67. The zero-order chi connectivity index (χ0) is 22.4. The number of aliphatic hydroxyl groups is 1. The van der Waals surface area contributed by atoms with Crippen molar-refractivity contribution < 1.29 is 9.90 Å². The van der Waals surface area contributed by atoms with Crippen LogP contribution in [0, 0.1) is 24.2 Å². The van der Waals surface area contributed by atoms with E-state index in [1.807, 2.05) is 32.9 Å². The lowest BCUT2D eigenvalue weighted by molar-refractivity contribution is 0.0937. The van der Waals surface area contributed by atoms with Gasteiger partial charge in [0.1, 0.15) is 6.04 Å². The Morgan fingerprint density at radius 1 is 1.26 bits per heavy atom. The molecule has 1 amide bonds. The van der Waals surface area contributed by atoms with E-state index in [9.17, 15) is 10.1 Å². The maximum Gasteiger partial charge on any atom is 0.252 e. The Balaban J connectivity index is 1.77. The molecule has 0 unspecified atom stereocenters. The third-order valence-electron chi connectivity index (χ3n) is 4.70. The Morgan fingerprint density at radius 3 is 2.65 bits per heavy atom. The van der Waals surface area contributed by atoms with Gasteiger partial charge in [-0.1, -0.05) is 26.0 Å². The van der Waals surface area contributed by atoms with E-state index in [1.54, 1.807) is 35.4 Å². The lowest BCUT2D eigenvalue weighted by Gasteiger charge is -2.15. The van der Waals surface area contributed by atoms with Gasteiger partial charge in [-0.2, -0.15) is 10.4 Å². The smallest absolute Gasteiger partial charge is 0.252 e. The number of carbonyl (C=O) groups excluding carboxylic acids is 1. The number of nitrogens with zero attached hydrogens (tertiary/aromatic N) is 5. The molecular formula is C22H25N7O2. The second-order valence-corrected chi connectivity index (χ2v) is 7.47. The third kappa shape index (κ3) is 5.43. The van der Waals surface area contributed by atoms with Crippen LogP contribution in [-0.2, 0) is 6.54 Å². The first kappa shape index (κ1) is 21.9. The summed E-state index contributed by atoms with van der Waals surface area (Å²) in [5, 5.41) is 28.2. The van der Waals surface area contributed by atoms with Crippen LogP contribution in [-0.4, -0.2) is 43.4 Å². The number of benzene rings is 1. The van der Waals surface area contributed by atoms with Crippen LogP contribution in [0.25, 0.3) is 11.3 Å². The van der Waals surface area contributed by atoms with Crippen LogP contribution in [0.3, 0.4) is 0 Å².